The van der Waals surface area contributed by atoms with Gasteiger partial charge >= 0.3 is 5.69 Å². The number of aromatic nitrogens is 2. The van der Waals surface area contributed by atoms with Crippen LogP contribution in [0.4, 0.5) is 11.5 Å². The zero-order valence-corrected chi connectivity index (χ0v) is 17.0. The largest absolute Gasteiger partial charge is 0.384 e. The van der Waals surface area contributed by atoms with Crippen LogP contribution in [0.3, 0.4) is 0 Å². The van der Waals surface area contributed by atoms with Gasteiger partial charge in [0.2, 0.25) is 0 Å². The molecule has 1 heterocycles. The van der Waals surface area contributed by atoms with Gasteiger partial charge in [0.1, 0.15) is 11.4 Å². The normalized spacial score (nSPS) is 10.6. The monoisotopic (exact) mass is 421 g/mol. The van der Waals surface area contributed by atoms with Gasteiger partial charge in [-0.15, -0.1) is 0 Å². The number of nitrogens with zero attached hydrogens (tertiary/aromatic N) is 2. The van der Waals surface area contributed by atoms with Gasteiger partial charge in [-0.1, -0.05) is 42.5 Å². The highest BCUT2D eigenvalue weighted by Gasteiger charge is 2.22. The highest BCUT2D eigenvalue weighted by atomic mass is 16.2. The lowest BCUT2D eigenvalue weighted by Crippen LogP contribution is -2.44. The molecule has 3 aromatic rings. The molecule has 0 atom stereocenters. The lowest BCUT2D eigenvalue weighted by Gasteiger charge is -2.16. The standard InChI is InChI=1S/C22H23N5O4/c1-2-26-21(30)18(17(28)12-25-16-11-7-6-10-15(16)20(24)29)19(23)27(22(26)31)13-14-8-4-3-5-9-14/h3-11,25H,2,12-13,23H2,1H3,(H2,24,29). The summed E-state index contributed by atoms with van der Waals surface area (Å²) in [7, 11) is 0. The van der Waals surface area contributed by atoms with Gasteiger partial charge in [0.15, 0.2) is 5.78 Å². The summed E-state index contributed by atoms with van der Waals surface area (Å²) >= 11 is 0. The first kappa shape index (κ1) is 21.6. The Balaban J connectivity index is 1.99. The Labute approximate surface area is 177 Å². The number of hydrogen-bond donors (Lipinski definition) is 3. The molecule has 0 aliphatic rings. The number of anilines is 2. The smallest absolute Gasteiger partial charge is 0.332 e. The summed E-state index contributed by atoms with van der Waals surface area (Å²) in [6, 6.07) is 15.5. The molecule has 0 radical (unpaired) electrons. The number of benzene rings is 2. The molecule has 0 saturated carbocycles. The van der Waals surface area contributed by atoms with Gasteiger partial charge in [-0.05, 0) is 24.6 Å². The van der Waals surface area contributed by atoms with Crippen LogP contribution in [-0.2, 0) is 13.1 Å². The van der Waals surface area contributed by atoms with Crippen LogP contribution in [0.5, 0.6) is 0 Å². The molecule has 31 heavy (non-hydrogen) atoms. The van der Waals surface area contributed by atoms with Gasteiger partial charge in [0, 0.05) is 12.2 Å². The van der Waals surface area contributed by atoms with Crippen LogP contribution < -0.4 is 28.0 Å². The Bertz CT molecular complexity index is 1240. The molecule has 0 spiro atoms. The Morgan fingerprint density at radius 2 is 1.61 bits per heavy atom. The molecule has 0 aliphatic carbocycles. The SMILES string of the molecule is CCn1c(=O)c(C(=O)CNc2ccccc2C(N)=O)c(N)n(Cc2ccccc2)c1=O. The van der Waals surface area contributed by atoms with Crippen molar-refractivity contribution in [2.45, 2.75) is 20.0 Å². The quantitative estimate of drug-likeness (QED) is 0.464. The number of carbonyl (C=O) groups is 2. The van der Waals surface area contributed by atoms with E-state index in [1.165, 1.54) is 10.6 Å². The predicted octanol–water partition coefficient (Wildman–Crippen LogP) is 1.05. The van der Waals surface area contributed by atoms with Crippen molar-refractivity contribution in [1.82, 2.24) is 9.13 Å². The Morgan fingerprint density at radius 3 is 2.26 bits per heavy atom. The van der Waals surface area contributed by atoms with E-state index in [1.807, 2.05) is 30.3 Å². The van der Waals surface area contributed by atoms with Gasteiger partial charge in [-0.25, -0.2) is 4.79 Å². The van der Waals surface area contributed by atoms with Crippen molar-refractivity contribution in [1.29, 1.82) is 0 Å². The number of nitrogen functional groups attached to an aromatic ring is 1. The van der Waals surface area contributed by atoms with Gasteiger partial charge in [-0.3, -0.25) is 23.5 Å². The molecule has 5 N–H and O–H groups in total. The minimum absolute atomic E-state index is 0.0882. The first-order valence-corrected chi connectivity index (χ1v) is 9.68. The van der Waals surface area contributed by atoms with Gasteiger partial charge < -0.3 is 16.8 Å². The van der Waals surface area contributed by atoms with E-state index < -0.39 is 22.9 Å². The molecule has 0 bridgehead atoms. The van der Waals surface area contributed by atoms with Crippen LogP contribution in [0.15, 0.2) is 64.2 Å². The van der Waals surface area contributed by atoms with Crippen molar-refractivity contribution in [2.24, 2.45) is 5.73 Å². The summed E-state index contributed by atoms with van der Waals surface area (Å²) in [6.45, 7) is 1.54. The van der Waals surface area contributed by atoms with Crippen LogP contribution in [0, 0.1) is 0 Å². The maximum atomic E-state index is 12.9. The lowest BCUT2D eigenvalue weighted by atomic mass is 10.1. The summed E-state index contributed by atoms with van der Waals surface area (Å²) in [4.78, 5) is 50.1. The van der Waals surface area contributed by atoms with E-state index in [9.17, 15) is 19.2 Å². The summed E-state index contributed by atoms with van der Waals surface area (Å²) in [5.74, 6) is -1.45. The van der Waals surface area contributed by atoms with Gasteiger partial charge in [0.25, 0.3) is 11.5 Å². The fourth-order valence-corrected chi connectivity index (χ4v) is 3.29. The number of ketones is 1. The number of amides is 1. The van der Waals surface area contributed by atoms with Crippen molar-refractivity contribution in [3.63, 3.8) is 0 Å². The van der Waals surface area contributed by atoms with E-state index >= 15 is 0 Å². The molecule has 1 aromatic heterocycles. The predicted molar refractivity (Wildman–Crippen MR) is 118 cm³/mol. The van der Waals surface area contributed by atoms with E-state index in [0.29, 0.717) is 5.69 Å². The highest BCUT2D eigenvalue weighted by Crippen LogP contribution is 2.15. The van der Waals surface area contributed by atoms with Crippen molar-refractivity contribution in [2.75, 3.05) is 17.6 Å². The third kappa shape index (κ3) is 4.40. The molecule has 160 valence electrons. The molecule has 9 nitrogen and oxygen atoms in total. The second kappa shape index (κ2) is 9.12. The average Bonchev–Trinajstić information content (AvgIpc) is 2.76. The van der Waals surface area contributed by atoms with Crippen LogP contribution in [0.1, 0.15) is 33.2 Å². The molecule has 0 fully saturated rings. The molecular weight excluding hydrogens is 398 g/mol. The Hall–Kier alpha value is -4.14. The van der Waals surface area contributed by atoms with Crippen LogP contribution in [-0.4, -0.2) is 27.4 Å². The molecule has 1 amide bonds. The maximum absolute atomic E-state index is 12.9. The first-order valence-electron chi connectivity index (χ1n) is 9.68. The number of carbonyl (C=O) groups excluding carboxylic acids is 2. The van der Waals surface area contributed by atoms with Crippen molar-refractivity contribution in [3.8, 4) is 0 Å². The number of hydrogen-bond acceptors (Lipinski definition) is 6. The molecular formula is C22H23N5O4. The topological polar surface area (TPSA) is 142 Å². The van der Waals surface area contributed by atoms with Crippen LogP contribution in [0.25, 0.3) is 0 Å². The highest BCUT2D eigenvalue weighted by molar-refractivity contribution is 6.03. The number of para-hydroxylation sites is 1. The first-order chi connectivity index (χ1) is 14.8. The van der Waals surface area contributed by atoms with E-state index in [0.717, 1.165) is 10.1 Å². The molecule has 3 rings (SSSR count). The zero-order valence-electron chi connectivity index (χ0n) is 17.0. The average molecular weight is 421 g/mol. The van der Waals surface area contributed by atoms with Gasteiger partial charge in [-0.2, -0.15) is 0 Å². The molecule has 2 aromatic carbocycles. The minimum Gasteiger partial charge on any atom is -0.384 e. The second-order valence-corrected chi connectivity index (χ2v) is 6.85. The molecule has 0 saturated heterocycles. The number of rotatable bonds is 8. The third-order valence-corrected chi connectivity index (χ3v) is 4.88. The Morgan fingerprint density at radius 1 is 0.968 bits per heavy atom. The fraction of sp³-hybridized carbons (Fsp3) is 0.182. The second-order valence-electron chi connectivity index (χ2n) is 6.85. The number of primary amides is 1. The van der Waals surface area contributed by atoms with Crippen molar-refractivity contribution in [3.05, 3.63) is 92.1 Å². The number of Topliss-reactive ketones (excluding diaryl/α,β-unsaturated/α-hetero) is 1. The van der Waals surface area contributed by atoms with Crippen molar-refractivity contribution >= 4 is 23.2 Å². The maximum Gasteiger partial charge on any atom is 0.332 e. The van der Waals surface area contributed by atoms with Crippen LogP contribution >= 0.6 is 0 Å². The van der Waals surface area contributed by atoms with Crippen LogP contribution in [0.2, 0.25) is 0 Å². The lowest BCUT2D eigenvalue weighted by molar-refractivity contribution is 0.0990. The van der Waals surface area contributed by atoms with Gasteiger partial charge in [0.05, 0.1) is 18.7 Å². The summed E-state index contributed by atoms with van der Waals surface area (Å²) < 4.78 is 2.19. The molecule has 0 aliphatic heterocycles. The van der Waals surface area contributed by atoms with E-state index in [2.05, 4.69) is 5.32 Å². The summed E-state index contributed by atoms with van der Waals surface area (Å²) in [5, 5.41) is 2.83. The summed E-state index contributed by atoms with van der Waals surface area (Å²) in [6.07, 6.45) is 0. The van der Waals surface area contributed by atoms with E-state index in [1.54, 1.807) is 25.1 Å². The van der Waals surface area contributed by atoms with E-state index in [4.69, 9.17) is 11.5 Å². The van der Waals surface area contributed by atoms with E-state index in [-0.39, 0.29) is 36.6 Å². The van der Waals surface area contributed by atoms with Crippen molar-refractivity contribution < 1.29 is 9.59 Å². The molecule has 0 unspecified atom stereocenters. The zero-order chi connectivity index (χ0) is 22.5. The third-order valence-electron chi connectivity index (χ3n) is 4.88. The number of nitrogens with one attached hydrogen (secondary N) is 1. The minimum atomic E-state index is -0.746. The summed E-state index contributed by atoms with van der Waals surface area (Å²) in [5.41, 5.74) is 11.2. The fourth-order valence-electron chi connectivity index (χ4n) is 3.29. The Kier molecular flexibility index (Phi) is 6.35. The number of nitrogens with two attached hydrogens (primary N) is 2. The molecule has 9 heteroatoms.